The number of carbonyl (C=O) groups is 1. The van der Waals surface area contributed by atoms with Crippen molar-refractivity contribution in [3.8, 4) is 28.3 Å². The number of amides is 1. The van der Waals surface area contributed by atoms with E-state index in [-0.39, 0.29) is 5.92 Å². The maximum absolute atomic E-state index is 12.5. The van der Waals surface area contributed by atoms with Crippen LogP contribution in [-0.2, 0) is 11.3 Å². The Hall–Kier alpha value is -3.67. The molecule has 2 aromatic heterocycles. The molecule has 178 valence electrons. The quantitative estimate of drug-likeness (QED) is 0.365. The highest BCUT2D eigenvalue weighted by Gasteiger charge is 2.36. The van der Waals surface area contributed by atoms with Crippen molar-refractivity contribution >= 4 is 17.1 Å². The zero-order valence-corrected chi connectivity index (χ0v) is 20.1. The summed E-state index contributed by atoms with van der Waals surface area (Å²) >= 11 is 0. The average molecular weight is 467 g/mol. The maximum atomic E-state index is 12.5. The van der Waals surface area contributed by atoms with Gasteiger partial charge < -0.3 is 14.2 Å². The molecule has 2 aliphatic rings. The molecule has 3 heterocycles. The van der Waals surface area contributed by atoms with E-state index in [0.717, 1.165) is 78.3 Å². The lowest BCUT2D eigenvalue weighted by Gasteiger charge is -2.17. The van der Waals surface area contributed by atoms with Gasteiger partial charge in [0.15, 0.2) is 5.65 Å². The Labute approximate surface area is 205 Å². The second kappa shape index (κ2) is 9.17. The molecular formula is C29H30N4O2. The molecule has 4 aromatic rings. The fourth-order valence-electron chi connectivity index (χ4n) is 5.10. The Morgan fingerprint density at radius 3 is 2.40 bits per heavy atom. The summed E-state index contributed by atoms with van der Waals surface area (Å²) in [4.78, 5) is 24.2. The van der Waals surface area contributed by atoms with Gasteiger partial charge in [0.05, 0.1) is 6.61 Å². The van der Waals surface area contributed by atoms with Crippen LogP contribution in [0.25, 0.3) is 33.7 Å². The predicted octanol–water partition coefficient (Wildman–Crippen LogP) is 5.42. The number of fused-ring (bicyclic) bond motifs is 1. The summed E-state index contributed by atoms with van der Waals surface area (Å²) in [5.41, 5.74) is 5.19. The molecule has 2 aromatic carbocycles. The van der Waals surface area contributed by atoms with Gasteiger partial charge in [0.2, 0.25) is 5.91 Å². The van der Waals surface area contributed by atoms with Crippen LogP contribution >= 0.6 is 0 Å². The van der Waals surface area contributed by atoms with Crippen molar-refractivity contribution in [1.29, 1.82) is 0 Å². The monoisotopic (exact) mass is 466 g/mol. The topological polar surface area (TPSA) is 60.3 Å². The molecule has 0 spiro atoms. The first-order valence-corrected chi connectivity index (χ1v) is 12.6. The lowest BCUT2D eigenvalue weighted by atomic mass is 10.0. The van der Waals surface area contributed by atoms with E-state index in [1.165, 1.54) is 0 Å². The molecule has 1 aliphatic heterocycles. The van der Waals surface area contributed by atoms with Crippen molar-refractivity contribution in [2.24, 2.45) is 11.8 Å². The Bertz CT molecular complexity index is 1340. The highest BCUT2D eigenvalue weighted by Crippen LogP contribution is 2.34. The molecule has 0 radical (unpaired) electrons. The molecule has 0 N–H and O–H groups in total. The van der Waals surface area contributed by atoms with E-state index < -0.39 is 0 Å². The number of hydrogen-bond donors (Lipinski definition) is 0. The summed E-state index contributed by atoms with van der Waals surface area (Å²) in [5, 5.41) is 0. The number of imidazole rings is 1. The zero-order valence-electron chi connectivity index (χ0n) is 20.1. The smallest absolute Gasteiger partial charge is 0.225 e. The fourth-order valence-corrected chi connectivity index (χ4v) is 5.10. The molecule has 1 aliphatic carbocycles. The summed E-state index contributed by atoms with van der Waals surface area (Å²) in [5.74, 6) is 2.88. The molecule has 0 unspecified atom stereocenters. The Balaban J connectivity index is 1.26. The number of aromatic nitrogens is 3. The standard InChI is InChI=1S/C29H30N4O2/c1-2-35-25-13-11-22(12-14-25)21-5-7-23(8-6-21)27-31-26-4-3-16-30-28(26)33(27)19-20-15-17-32(18-20)29(34)24-9-10-24/h3-8,11-14,16,20,24H,2,9-10,15,17-19H2,1H3/t20-/m1/s1. The molecule has 1 saturated carbocycles. The molecule has 2 fully saturated rings. The number of pyridine rings is 1. The number of nitrogens with zero attached hydrogens (tertiary/aromatic N) is 4. The van der Waals surface area contributed by atoms with Crippen molar-refractivity contribution < 1.29 is 9.53 Å². The van der Waals surface area contributed by atoms with Crippen molar-refractivity contribution in [3.05, 3.63) is 66.9 Å². The molecule has 0 bridgehead atoms. The summed E-state index contributed by atoms with van der Waals surface area (Å²) in [7, 11) is 0. The minimum absolute atomic E-state index is 0.286. The number of benzene rings is 2. The van der Waals surface area contributed by atoms with Crippen LogP contribution in [0.1, 0.15) is 26.2 Å². The summed E-state index contributed by atoms with van der Waals surface area (Å²) in [6.45, 7) is 5.17. The highest BCUT2D eigenvalue weighted by molar-refractivity contribution is 5.81. The van der Waals surface area contributed by atoms with E-state index in [1.54, 1.807) is 0 Å². The number of likely N-dealkylation sites (tertiary alicyclic amines) is 1. The second-order valence-corrected chi connectivity index (χ2v) is 9.64. The normalized spacial score (nSPS) is 17.7. The third kappa shape index (κ3) is 4.41. The van der Waals surface area contributed by atoms with Crippen LogP contribution in [0, 0.1) is 11.8 Å². The second-order valence-electron chi connectivity index (χ2n) is 9.64. The molecule has 1 amide bonds. The Morgan fingerprint density at radius 1 is 0.971 bits per heavy atom. The summed E-state index contributed by atoms with van der Waals surface area (Å²) in [6.07, 6.45) is 4.98. The minimum Gasteiger partial charge on any atom is -0.494 e. The van der Waals surface area contributed by atoms with Gasteiger partial charge >= 0.3 is 0 Å². The first kappa shape index (κ1) is 21.8. The van der Waals surface area contributed by atoms with Gasteiger partial charge in [-0.2, -0.15) is 0 Å². The maximum Gasteiger partial charge on any atom is 0.225 e. The first-order valence-electron chi connectivity index (χ1n) is 12.6. The van der Waals surface area contributed by atoms with Gasteiger partial charge in [0.25, 0.3) is 0 Å². The molecule has 1 atom stereocenters. The van der Waals surface area contributed by atoms with Crippen LogP contribution < -0.4 is 4.74 Å². The third-order valence-corrected chi connectivity index (χ3v) is 7.11. The molecule has 35 heavy (non-hydrogen) atoms. The van der Waals surface area contributed by atoms with E-state index >= 15 is 0 Å². The lowest BCUT2D eigenvalue weighted by molar-refractivity contribution is -0.131. The van der Waals surface area contributed by atoms with Gasteiger partial charge in [0, 0.05) is 37.3 Å². The van der Waals surface area contributed by atoms with E-state index in [9.17, 15) is 4.79 Å². The van der Waals surface area contributed by atoms with Gasteiger partial charge in [0.1, 0.15) is 17.1 Å². The molecule has 1 saturated heterocycles. The average Bonchev–Trinajstić information content (AvgIpc) is 3.54. The Morgan fingerprint density at radius 2 is 1.69 bits per heavy atom. The molecule has 6 rings (SSSR count). The van der Waals surface area contributed by atoms with Gasteiger partial charge in [-0.15, -0.1) is 0 Å². The van der Waals surface area contributed by atoms with Crippen LogP contribution in [0.15, 0.2) is 66.9 Å². The van der Waals surface area contributed by atoms with Gasteiger partial charge in [-0.1, -0.05) is 36.4 Å². The summed E-state index contributed by atoms with van der Waals surface area (Å²) in [6, 6.07) is 20.7. The van der Waals surface area contributed by atoms with E-state index in [0.29, 0.717) is 18.4 Å². The first-order chi connectivity index (χ1) is 17.2. The van der Waals surface area contributed by atoms with Crippen LogP contribution in [-0.4, -0.2) is 45.0 Å². The van der Waals surface area contributed by atoms with Crippen LogP contribution in [0.2, 0.25) is 0 Å². The predicted molar refractivity (Wildman–Crippen MR) is 137 cm³/mol. The molecule has 6 nitrogen and oxygen atoms in total. The number of carbonyl (C=O) groups excluding carboxylic acids is 1. The molecular weight excluding hydrogens is 436 g/mol. The van der Waals surface area contributed by atoms with Crippen LogP contribution in [0.4, 0.5) is 0 Å². The van der Waals surface area contributed by atoms with Crippen LogP contribution in [0.5, 0.6) is 5.75 Å². The van der Waals surface area contributed by atoms with E-state index in [1.807, 2.05) is 37.4 Å². The van der Waals surface area contributed by atoms with Crippen LogP contribution in [0.3, 0.4) is 0 Å². The fraction of sp³-hybridized carbons (Fsp3) is 0.345. The van der Waals surface area contributed by atoms with E-state index in [2.05, 4.69) is 50.8 Å². The van der Waals surface area contributed by atoms with Crippen molar-refractivity contribution in [2.45, 2.75) is 32.7 Å². The summed E-state index contributed by atoms with van der Waals surface area (Å²) < 4.78 is 7.81. The minimum atomic E-state index is 0.286. The van der Waals surface area contributed by atoms with Gasteiger partial charge in [-0.3, -0.25) is 4.79 Å². The van der Waals surface area contributed by atoms with Crippen molar-refractivity contribution in [3.63, 3.8) is 0 Å². The van der Waals surface area contributed by atoms with E-state index in [4.69, 9.17) is 9.72 Å². The highest BCUT2D eigenvalue weighted by atomic mass is 16.5. The van der Waals surface area contributed by atoms with Gasteiger partial charge in [-0.05, 0) is 67.5 Å². The Kier molecular flexibility index (Phi) is 5.72. The van der Waals surface area contributed by atoms with Gasteiger partial charge in [-0.25, -0.2) is 9.97 Å². The lowest BCUT2D eigenvalue weighted by Crippen LogP contribution is -2.30. The third-order valence-electron chi connectivity index (χ3n) is 7.11. The number of rotatable bonds is 7. The molecule has 6 heteroatoms. The SMILES string of the molecule is CCOc1ccc(-c2ccc(-c3nc4cccnc4n3C[C@@H]3CCN(C(=O)C4CC4)C3)cc2)cc1. The zero-order chi connectivity index (χ0) is 23.8. The van der Waals surface area contributed by atoms with Crippen molar-refractivity contribution in [2.75, 3.05) is 19.7 Å². The van der Waals surface area contributed by atoms with Crippen molar-refractivity contribution in [1.82, 2.24) is 19.4 Å². The number of hydrogen-bond acceptors (Lipinski definition) is 4. The number of ether oxygens (including phenoxy) is 1. The largest absolute Gasteiger partial charge is 0.494 e.